The molecule has 3 heteroatoms. The molecule has 2 nitrogen and oxygen atoms in total. The van der Waals surface area contributed by atoms with Gasteiger partial charge in [0, 0.05) is 21.7 Å². The first-order valence-electron chi connectivity index (χ1n) is 16.3. The Morgan fingerprint density at radius 3 is 1.89 bits per heavy atom. The molecule has 0 fully saturated rings. The highest BCUT2D eigenvalue weighted by Gasteiger charge is 2.50. The highest BCUT2D eigenvalue weighted by atomic mass is 31.2. The molecule has 3 aliphatic rings. The molecule has 0 amide bonds. The van der Waals surface area contributed by atoms with E-state index in [1.54, 1.807) is 0 Å². The second kappa shape index (κ2) is 10.6. The fourth-order valence-corrected chi connectivity index (χ4v) is 11.2. The van der Waals surface area contributed by atoms with Gasteiger partial charge in [0.25, 0.3) is 0 Å². The summed E-state index contributed by atoms with van der Waals surface area (Å²) in [5, 5.41) is 2.89. The third kappa shape index (κ3) is 3.87. The molecule has 0 radical (unpaired) electrons. The van der Waals surface area contributed by atoms with E-state index in [0.29, 0.717) is 0 Å². The number of rotatable bonds is 4. The van der Waals surface area contributed by atoms with Crippen molar-refractivity contribution in [2.24, 2.45) is 0 Å². The summed E-state index contributed by atoms with van der Waals surface area (Å²) in [5.41, 5.74) is 9.03. The Morgan fingerprint density at radius 2 is 1.15 bits per heavy atom. The number of allylic oxidation sites excluding steroid dienone is 2. The van der Waals surface area contributed by atoms with Gasteiger partial charge in [-0.3, -0.25) is 0 Å². The molecule has 1 unspecified atom stereocenters. The molecule has 6 aromatic carbocycles. The monoisotopic (exact) mass is 612 g/mol. The fraction of sp³-hybridized carbons (Fsp3) is 0.116. The average molecular weight is 613 g/mol. The Labute approximate surface area is 270 Å². The smallest absolute Gasteiger partial charge is 0.166 e. The van der Waals surface area contributed by atoms with Crippen molar-refractivity contribution in [1.82, 2.24) is 0 Å². The fourth-order valence-electron chi connectivity index (χ4n) is 8.15. The van der Waals surface area contributed by atoms with Gasteiger partial charge in [-0.15, -0.1) is 0 Å². The maximum absolute atomic E-state index is 15.2. The van der Waals surface area contributed by atoms with Crippen LogP contribution in [0.3, 0.4) is 0 Å². The van der Waals surface area contributed by atoms with Crippen LogP contribution >= 0.6 is 7.14 Å². The first-order valence-corrected chi connectivity index (χ1v) is 18.0. The summed E-state index contributed by atoms with van der Waals surface area (Å²) < 4.78 is 22.0. The molecule has 9 rings (SSSR count). The van der Waals surface area contributed by atoms with Crippen molar-refractivity contribution in [1.29, 1.82) is 0 Å². The normalized spacial score (nSPS) is 16.7. The zero-order valence-corrected chi connectivity index (χ0v) is 26.4. The van der Waals surface area contributed by atoms with Crippen LogP contribution in [0.1, 0.15) is 47.9 Å². The molecule has 0 saturated carbocycles. The quantitative estimate of drug-likeness (QED) is 0.185. The van der Waals surface area contributed by atoms with Gasteiger partial charge in [0.1, 0.15) is 11.5 Å². The van der Waals surface area contributed by atoms with Crippen LogP contribution in [0.25, 0.3) is 22.3 Å². The average Bonchev–Trinajstić information content (AvgIpc) is 3.43. The van der Waals surface area contributed by atoms with Crippen LogP contribution in [-0.4, -0.2) is 0 Å². The predicted molar refractivity (Wildman–Crippen MR) is 189 cm³/mol. The summed E-state index contributed by atoms with van der Waals surface area (Å²) >= 11 is 0. The Bertz CT molecular complexity index is 2180. The van der Waals surface area contributed by atoms with Crippen molar-refractivity contribution in [3.8, 4) is 33.8 Å². The van der Waals surface area contributed by atoms with Gasteiger partial charge >= 0.3 is 0 Å². The minimum atomic E-state index is -2.98. The van der Waals surface area contributed by atoms with Crippen molar-refractivity contribution >= 4 is 17.8 Å². The topological polar surface area (TPSA) is 26.3 Å². The second-order valence-corrected chi connectivity index (χ2v) is 15.4. The van der Waals surface area contributed by atoms with Crippen LogP contribution in [0, 0.1) is 0 Å². The van der Waals surface area contributed by atoms with Crippen molar-refractivity contribution in [2.45, 2.75) is 31.1 Å². The molecule has 0 saturated heterocycles. The third-order valence-electron chi connectivity index (χ3n) is 10.2. The number of hydrogen-bond donors (Lipinski definition) is 0. The summed E-state index contributed by atoms with van der Waals surface area (Å²) in [6, 6.07) is 51.2. The molecule has 0 N–H and O–H groups in total. The molecule has 46 heavy (non-hydrogen) atoms. The zero-order chi connectivity index (χ0) is 30.7. The van der Waals surface area contributed by atoms with Crippen molar-refractivity contribution in [2.75, 3.05) is 0 Å². The van der Waals surface area contributed by atoms with Gasteiger partial charge in [0.05, 0.1) is 5.41 Å². The van der Waals surface area contributed by atoms with Gasteiger partial charge < -0.3 is 9.30 Å². The lowest BCUT2D eigenvalue weighted by molar-refractivity contribution is 0.436. The van der Waals surface area contributed by atoms with E-state index in [1.807, 2.05) is 30.3 Å². The van der Waals surface area contributed by atoms with E-state index >= 15 is 4.57 Å². The SMILES string of the molecule is O=P(C1=CCCCC1)(c1ccccc1)c1cccc(-c2ccc3c(c2)Oc2ccccc2C32c3ccccc3-c3ccccc32)c1. The largest absolute Gasteiger partial charge is 0.457 e. The number of benzene rings is 6. The molecule has 0 aromatic heterocycles. The van der Waals surface area contributed by atoms with E-state index in [2.05, 4.69) is 121 Å². The van der Waals surface area contributed by atoms with E-state index in [0.717, 1.165) is 69.8 Å². The van der Waals surface area contributed by atoms with Gasteiger partial charge in [0.15, 0.2) is 7.14 Å². The van der Waals surface area contributed by atoms with Crippen LogP contribution in [0.5, 0.6) is 11.5 Å². The molecule has 1 heterocycles. The molecule has 6 aromatic rings. The Morgan fingerprint density at radius 1 is 0.522 bits per heavy atom. The molecular weight excluding hydrogens is 579 g/mol. The number of hydrogen-bond acceptors (Lipinski definition) is 2. The molecule has 1 aliphatic heterocycles. The summed E-state index contributed by atoms with van der Waals surface area (Å²) in [6.07, 6.45) is 6.36. The predicted octanol–water partition coefficient (Wildman–Crippen LogP) is 10.6. The van der Waals surface area contributed by atoms with Gasteiger partial charge in [0.2, 0.25) is 0 Å². The van der Waals surface area contributed by atoms with Gasteiger partial charge in [-0.05, 0) is 82.6 Å². The van der Waals surface area contributed by atoms with Gasteiger partial charge in [-0.2, -0.15) is 0 Å². The summed E-state index contributed by atoms with van der Waals surface area (Å²) in [6.45, 7) is 0. The van der Waals surface area contributed by atoms with Crippen LogP contribution in [-0.2, 0) is 9.98 Å². The standard InChI is InChI=1S/C43H33O2P/c44-46(32-15-3-1-4-16-32,33-17-5-2-6-18-33)34-19-13-14-30(28-34)31-26-27-40-42(29-31)45-41-25-12-11-24-39(41)43(40)37-22-9-7-20-35(37)36-21-8-10-23-38(36)43/h1,3-4,7-17,19-29H,2,5-6,18H2. The van der Waals surface area contributed by atoms with Crippen LogP contribution < -0.4 is 15.3 Å². The van der Waals surface area contributed by atoms with Crippen molar-refractivity contribution in [3.05, 3.63) is 179 Å². The minimum Gasteiger partial charge on any atom is -0.457 e. The summed E-state index contributed by atoms with van der Waals surface area (Å²) in [4.78, 5) is 0. The molecule has 0 bridgehead atoms. The first-order chi connectivity index (χ1) is 22.7. The van der Waals surface area contributed by atoms with E-state index in [1.165, 1.54) is 27.8 Å². The highest BCUT2D eigenvalue weighted by Crippen LogP contribution is 2.62. The molecule has 222 valence electrons. The van der Waals surface area contributed by atoms with E-state index in [-0.39, 0.29) is 0 Å². The number of ether oxygens (including phenoxy) is 1. The Hall–Kier alpha value is -4.91. The van der Waals surface area contributed by atoms with E-state index in [9.17, 15) is 0 Å². The van der Waals surface area contributed by atoms with Crippen LogP contribution in [0.4, 0.5) is 0 Å². The zero-order valence-electron chi connectivity index (χ0n) is 25.5. The van der Waals surface area contributed by atoms with Gasteiger partial charge in [-0.1, -0.05) is 133 Å². The molecular formula is C43H33O2P. The van der Waals surface area contributed by atoms with Crippen LogP contribution in [0.2, 0.25) is 0 Å². The van der Waals surface area contributed by atoms with E-state index in [4.69, 9.17) is 4.74 Å². The lowest BCUT2D eigenvalue weighted by atomic mass is 9.66. The second-order valence-electron chi connectivity index (χ2n) is 12.6. The van der Waals surface area contributed by atoms with E-state index < -0.39 is 12.6 Å². The molecule has 2 aliphatic carbocycles. The maximum Gasteiger partial charge on any atom is 0.166 e. The lowest BCUT2D eigenvalue weighted by Gasteiger charge is -2.39. The minimum absolute atomic E-state index is 0.478. The molecule has 1 spiro atoms. The lowest BCUT2D eigenvalue weighted by Crippen LogP contribution is -2.32. The number of para-hydroxylation sites is 1. The highest BCUT2D eigenvalue weighted by molar-refractivity contribution is 7.82. The summed E-state index contributed by atoms with van der Waals surface area (Å²) in [7, 11) is -2.98. The van der Waals surface area contributed by atoms with Crippen molar-refractivity contribution < 1.29 is 9.30 Å². The van der Waals surface area contributed by atoms with Gasteiger partial charge in [-0.25, -0.2) is 0 Å². The Kier molecular flexibility index (Phi) is 6.30. The summed E-state index contributed by atoms with van der Waals surface area (Å²) in [5.74, 6) is 1.74. The van der Waals surface area contributed by atoms with Crippen molar-refractivity contribution in [3.63, 3.8) is 0 Å². The third-order valence-corrected chi connectivity index (χ3v) is 13.4. The number of fused-ring (bicyclic) bond motifs is 9. The maximum atomic E-state index is 15.2. The molecule has 1 atom stereocenters. The first kappa shape index (κ1) is 27.4. The Balaban J connectivity index is 1.23. The van der Waals surface area contributed by atoms with Crippen LogP contribution in [0.15, 0.2) is 157 Å².